The van der Waals surface area contributed by atoms with E-state index in [0.717, 1.165) is 0 Å². The second-order valence-corrected chi connectivity index (χ2v) is 6.97. The summed E-state index contributed by atoms with van der Waals surface area (Å²) in [5.74, 6) is 0.602. The molecule has 0 saturated carbocycles. The normalized spacial score (nSPS) is 16.6. The molecular weight excluding hydrogens is 342 g/mol. The van der Waals surface area contributed by atoms with E-state index in [2.05, 4.69) is 10.2 Å². The summed E-state index contributed by atoms with van der Waals surface area (Å²) in [5.41, 5.74) is 0. The van der Waals surface area contributed by atoms with Gasteiger partial charge in [-0.2, -0.15) is 0 Å². The number of carbonyl (C=O) groups is 2. The SMILES string of the molecule is CC(C)NC(=O)CN1CCN(C(=O)C(C)Oc2ccc(Cl)cc2)CC1. The van der Waals surface area contributed by atoms with E-state index in [1.54, 1.807) is 36.1 Å². The zero-order valence-corrected chi connectivity index (χ0v) is 15.8. The third-order valence-corrected chi connectivity index (χ3v) is 4.23. The van der Waals surface area contributed by atoms with Gasteiger partial charge < -0.3 is 15.0 Å². The van der Waals surface area contributed by atoms with Gasteiger partial charge >= 0.3 is 0 Å². The third-order valence-electron chi connectivity index (χ3n) is 3.98. The van der Waals surface area contributed by atoms with Crippen molar-refractivity contribution in [3.63, 3.8) is 0 Å². The van der Waals surface area contributed by atoms with E-state index in [9.17, 15) is 9.59 Å². The topological polar surface area (TPSA) is 61.9 Å². The van der Waals surface area contributed by atoms with E-state index in [1.165, 1.54) is 0 Å². The van der Waals surface area contributed by atoms with Crippen molar-refractivity contribution in [3.8, 4) is 5.75 Å². The van der Waals surface area contributed by atoms with E-state index >= 15 is 0 Å². The lowest BCUT2D eigenvalue weighted by atomic mass is 10.2. The van der Waals surface area contributed by atoms with Gasteiger partial charge in [0.25, 0.3) is 5.91 Å². The Morgan fingerprint density at radius 1 is 1.12 bits per heavy atom. The van der Waals surface area contributed by atoms with Gasteiger partial charge in [0.2, 0.25) is 5.91 Å². The number of nitrogens with zero attached hydrogens (tertiary/aromatic N) is 2. The minimum absolute atomic E-state index is 0.0224. The smallest absolute Gasteiger partial charge is 0.263 e. The third kappa shape index (κ3) is 6.21. The number of carbonyl (C=O) groups excluding carboxylic acids is 2. The molecule has 1 fully saturated rings. The van der Waals surface area contributed by atoms with Crippen molar-refractivity contribution in [2.75, 3.05) is 32.7 Å². The highest BCUT2D eigenvalue weighted by atomic mass is 35.5. The molecule has 1 unspecified atom stereocenters. The lowest BCUT2D eigenvalue weighted by Crippen LogP contribution is -2.53. The number of amides is 2. The molecule has 0 aromatic heterocycles. The maximum Gasteiger partial charge on any atom is 0.263 e. The van der Waals surface area contributed by atoms with Crippen LogP contribution in [0.25, 0.3) is 0 Å². The Morgan fingerprint density at radius 3 is 2.28 bits per heavy atom. The quantitative estimate of drug-likeness (QED) is 0.832. The van der Waals surface area contributed by atoms with Gasteiger partial charge in [0.1, 0.15) is 5.75 Å². The first-order valence-electron chi connectivity index (χ1n) is 8.58. The largest absolute Gasteiger partial charge is 0.481 e. The summed E-state index contributed by atoms with van der Waals surface area (Å²) in [6, 6.07) is 7.10. The molecule has 7 heteroatoms. The molecule has 6 nitrogen and oxygen atoms in total. The van der Waals surface area contributed by atoms with Gasteiger partial charge in [-0.3, -0.25) is 14.5 Å². The second-order valence-electron chi connectivity index (χ2n) is 6.54. The number of hydrogen-bond acceptors (Lipinski definition) is 4. The predicted molar refractivity (Wildman–Crippen MR) is 97.8 cm³/mol. The summed E-state index contributed by atoms with van der Waals surface area (Å²) in [5, 5.41) is 3.51. The zero-order valence-electron chi connectivity index (χ0n) is 15.0. The predicted octanol–water partition coefficient (Wildman–Crippen LogP) is 1.78. The maximum absolute atomic E-state index is 12.5. The summed E-state index contributed by atoms with van der Waals surface area (Å²) >= 11 is 5.85. The average Bonchev–Trinajstić information content (AvgIpc) is 2.56. The highest BCUT2D eigenvalue weighted by molar-refractivity contribution is 6.30. The molecule has 1 atom stereocenters. The molecule has 0 aliphatic carbocycles. The molecule has 0 spiro atoms. The van der Waals surface area contributed by atoms with Crippen LogP contribution in [0.4, 0.5) is 0 Å². The lowest BCUT2D eigenvalue weighted by molar-refractivity contribution is -0.139. The minimum atomic E-state index is -0.558. The van der Waals surface area contributed by atoms with Crippen LogP contribution in [0, 0.1) is 0 Å². The molecular formula is C18H26ClN3O3. The number of nitrogens with one attached hydrogen (secondary N) is 1. The van der Waals surface area contributed by atoms with Gasteiger partial charge in [-0.1, -0.05) is 11.6 Å². The summed E-state index contributed by atoms with van der Waals surface area (Å²) < 4.78 is 5.69. The summed E-state index contributed by atoms with van der Waals surface area (Å²) in [4.78, 5) is 28.2. The van der Waals surface area contributed by atoms with Gasteiger partial charge in [-0.25, -0.2) is 0 Å². The van der Waals surface area contributed by atoms with E-state index in [-0.39, 0.29) is 17.9 Å². The van der Waals surface area contributed by atoms with Gasteiger partial charge in [0.15, 0.2) is 6.10 Å². The van der Waals surface area contributed by atoms with Gasteiger partial charge in [0, 0.05) is 37.2 Å². The molecule has 138 valence electrons. The molecule has 0 bridgehead atoms. The van der Waals surface area contributed by atoms with Crippen molar-refractivity contribution in [2.45, 2.75) is 32.9 Å². The van der Waals surface area contributed by atoms with Crippen molar-refractivity contribution < 1.29 is 14.3 Å². The summed E-state index contributed by atoms with van der Waals surface area (Å²) in [6.45, 7) is 8.57. The van der Waals surface area contributed by atoms with E-state index in [4.69, 9.17) is 16.3 Å². The van der Waals surface area contributed by atoms with Crippen LogP contribution in [0.15, 0.2) is 24.3 Å². The number of hydrogen-bond donors (Lipinski definition) is 1. The number of piperazine rings is 1. The van der Waals surface area contributed by atoms with Crippen LogP contribution < -0.4 is 10.1 Å². The molecule has 1 aliphatic rings. The van der Waals surface area contributed by atoms with Crippen molar-refractivity contribution in [3.05, 3.63) is 29.3 Å². The Bertz CT molecular complexity index is 584. The minimum Gasteiger partial charge on any atom is -0.481 e. The van der Waals surface area contributed by atoms with Crippen molar-refractivity contribution in [1.29, 1.82) is 0 Å². The van der Waals surface area contributed by atoms with Crippen LogP contribution in [0.3, 0.4) is 0 Å². The number of ether oxygens (including phenoxy) is 1. The number of rotatable bonds is 6. The molecule has 1 aliphatic heterocycles. The first kappa shape index (κ1) is 19.5. The first-order chi connectivity index (χ1) is 11.8. The van der Waals surface area contributed by atoms with E-state index in [1.807, 2.05) is 13.8 Å². The first-order valence-corrected chi connectivity index (χ1v) is 8.95. The molecule has 1 N–H and O–H groups in total. The molecule has 1 aromatic carbocycles. The Balaban J connectivity index is 1.78. The van der Waals surface area contributed by atoms with Gasteiger partial charge in [-0.05, 0) is 45.0 Å². The molecule has 2 rings (SSSR count). The zero-order chi connectivity index (χ0) is 18.4. The monoisotopic (exact) mass is 367 g/mol. The van der Waals surface area contributed by atoms with Gasteiger partial charge in [0.05, 0.1) is 6.54 Å². The van der Waals surface area contributed by atoms with Gasteiger partial charge in [-0.15, -0.1) is 0 Å². The van der Waals surface area contributed by atoms with Crippen LogP contribution in [-0.2, 0) is 9.59 Å². The van der Waals surface area contributed by atoms with Crippen LogP contribution in [0.1, 0.15) is 20.8 Å². The fourth-order valence-electron chi connectivity index (χ4n) is 2.72. The summed E-state index contributed by atoms with van der Waals surface area (Å²) in [6.07, 6.45) is -0.558. The molecule has 1 heterocycles. The van der Waals surface area contributed by atoms with Crippen molar-refractivity contribution >= 4 is 23.4 Å². The molecule has 0 radical (unpaired) electrons. The average molecular weight is 368 g/mol. The highest BCUT2D eigenvalue weighted by Gasteiger charge is 2.26. The van der Waals surface area contributed by atoms with Crippen LogP contribution in [0.2, 0.25) is 5.02 Å². The number of benzene rings is 1. The molecule has 1 saturated heterocycles. The molecule has 25 heavy (non-hydrogen) atoms. The van der Waals surface area contributed by atoms with Crippen LogP contribution in [0.5, 0.6) is 5.75 Å². The highest BCUT2D eigenvalue weighted by Crippen LogP contribution is 2.17. The molecule has 2 amide bonds. The van der Waals surface area contributed by atoms with E-state index < -0.39 is 6.10 Å². The number of halogens is 1. The molecule has 1 aromatic rings. The Labute approximate surface area is 154 Å². The van der Waals surface area contributed by atoms with E-state index in [0.29, 0.717) is 43.5 Å². The van der Waals surface area contributed by atoms with Crippen molar-refractivity contribution in [1.82, 2.24) is 15.1 Å². The Kier molecular flexibility index (Phi) is 7.08. The van der Waals surface area contributed by atoms with Crippen LogP contribution in [-0.4, -0.2) is 66.5 Å². The van der Waals surface area contributed by atoms with Crippen LogP contribution >= 0.6 is 11.6 Å². The second kappa shape index (κ2) is 9.06. The Hall–Kier alpha value is -1.79. The fraction of sp³-hybridized carbons (Fsp3) is 0.556. The maximum atomic E-state index is 12.5. The standard InChI is InChI=1S/C18H26ClN3O3/c1-13(2)20-17(23)12-21-8-10-22(11-9-21)18(24)14(3)25-16-6-4-15(19)5-7-16/h4-7,13-14H,8-12H2,1-3H3,(H,20,23). The lowest BCUT2D eigenvalue weighted by Gasteiger charge is -2.35. The summed E-state index contributed by atoms with van der Waals surface area (Å²) in [7, 11) is 0. The Morgan fingerprint density at radius 2 is 1.72 bits per heavy atom. The fourth-order valence-corrected chi connectivity index (χ4v) is 2.85. The van der Waals surface area contributed by atoms with Crippen molar-refractivity contribution in [2.24, 2.45) is 0 Å².